The van der Waals surface area contributed by atoms with Crippen LogP contribution >= 0.6 is 0 Å². The Morgan fingerprint density at radius 2 is 2.35 bits per heavy atom. The number of hydrogen-bond acceptors (Lipinski definition) is 5. The van der Waals surface area contributed by atoms with Crippen molar-refractivity contribution in [2.24, 2.45) is 0 Å². The number of nitrogens with one attached hydrogen (secondary N) is 2. The summed E-state index contributed by atoms with van der Waals surface area (Å²) in [5, 5.41) is 8.93. The Labute approximate surface area is 101 Å². The standard InChI is InChI=1S/C11H18N4O2/c1-9(8-16)15(2)7-11(17)14-13-10-5-3-4-6-12-10/h3-6,9,16H,7-8H2,1-2H3,(H,12,13)(H,14,17). The molecule has 0 aliphatic carbocycles. The van der Waals surface area contributed by atoms with Crippen LogP contribution in [0.2, 0.25) is 0 Å². The molecule has 0 bridgehead atoms. The molecule has 0 saturated carbocycles. The first kappa shape index (κ1) is 13.4. The molecule has 0 aliphatic rings. The molecule has 0 aromatic carbocycles. The van der Waals surface area contributed by atoms with Gasteiger partial charge in [0.1, 0.15) is 5.82 Å². The first-order valence-electron chi connectivity index (χ1n) is 5.40. The van der Waals surface area contributed by atoms with Gasteiger partial charge in [0.25, 0.3) is 5.91 Å². The largest absolute Gasteiger partial charge is 0.395 e. The number of hydrogen-bond donors (Lipinski definition) is 3. The third-order valence-corrected chi connectivity index (χ3v) is 2.40. The Hall–Kier alpha value is -1.66. The molecule has 0 spiro atoms. The normalized spacial score (nSPS) is 12.2. The van der Waals surface area contributed by atoms with E-state index in [0.717, 1.165) is 0 Å². The Morgan fingerprint density at radius 3 is 2.94 bits per heavy atom. The number of likely N-dealkylation sites (N-methyl/N-ethyl adjacent to an activating group) is 1. The van der Waals surface area contributed by atoms with Crippen molar-refractivity contribution in [1.29, 1.82) is 0 Å². The van der Waals surface area contributed by atoms with Crippen molar-refractivity contribution in [3.63, 3.8) is 0 Å². The van der Waals surface area contributed by atoms with E-state index in [0.29, 0.717) is 5.82 Å². The average molecular weight is 238 g/mol. The first-order valence-corrected chi connectivity index (χ1v) is 5.40. The molecule has 6 heteroatoms. The number of aliphatic hydroxyl groups excluding tert-OH is 1. The van der Waals surface area contributed by atoms with Gasteiger partial charge >= 0.3 is 0 Å². The Morgan fingerprint density at radius 1 is 1.59 bits per heavy atom. The SMILES string of the molecule is CC(CO)N(C)CC(=O)NNc1ccccn1. The van der Waals surface area contributed by atoms with E-state index in [2.05, 4.69) is 15.8 Å². The van der Waals surface area contributed by atoms with E-state index in [1.165, 1.54) is 0 Å². The first-order chi connectivity index (χ1) is 8.13. The Bertz CT molecular complexity index is 345. The van der Waals surface area contributed by atoms with Gasteiger partial charge in [-0.2, -0.15) is 0 Å². The molecule has 0 radical (unpaired) electrons. The number of anilines is 1. The lowest BCUT2D eigenvalue weighted by Crippen LogP contribution is -2.42. The third-order valence-electron chi connectivity index (χ3n) is 2.40. The van der Waals surface area contributed by atoms with Crippen molar-refractivity contribution in [3.8, 4) is 0 Å². The fourth-order valence-corrected chi connectivity index (χ4v) is 1.13. The summed E-state index contributed by atoms with van der Waals surface area (Å²) in [4.78, 5) is 17.3. The van der Waals surface area contributed by atoms with Crippen LogP contribution in [-0.2, 0) is 4.79 Å². The van der Waals surface area contributed by atoms with Crippen molar-refractivity contribution in [3.05, 3.63) is 24.4 Å². The number of amides is 1. The molecule has 0 saturated heterocycles. The smallest absolute Gasteiger partial charge is 0.252 e. The van der Waals surface area contributed by atoms with E-state index in [9.17, 15) is 4.79 Å². The molecule has 1 heterocycles. The number of carbonyl (C=O) groups is 1. The fourth-order valence-electron chi connectivity index (χ4n) is 1.13. The molecule has 1 aromatic heterocycles. The maximum Gasteiger partial charge on any atom is 0.252 e. The van der Waals surface area contributed by atoms with E-state index in [1.54, 1.807) is 30.3 Å². The second-order valence-corrected chi connectivity index (χ2v) is 3.83. The van der Waals surface area contributed by atoms with Crippen LogP contribution in [-0.4, -0.2) is 47.1 Å². The molecule has 1 aromatic rings. The van der Waals surface area contributed by atoms with Crippen LogP contribution in [0.5, 0.6) is 0 Å². The summed E-state index contributed by atoms with van der Waals surface area (Å²) in [5.41, 5.74) is 5.24. The molecular weight excluding hydrogens is 220 g/mol. The predicted molar refractivity (Wildman–Crippen MR) is 65.2 cm³/mol. The molecule has 94 valence electrons. The van der Waals surface area contributed by atoms with Gasteiger partial charge in [0.15, 0.2) is 0 Å². The Balaban J connectivity index is 2.31. The third kappa shape index (κ3) is 4.80. The van der Waals surface area contributed by atoms with Gasteiger partial charge in [0, 0.05) is 12.2 Å². The number of aliphatic hydroxyl groups is 1. The molecule has 1 atom stereocenters. The number of hydrazine groups is 1. The second-order valence-electron chi connectivity index (χ2n) is 3.83. The van der Waals surface area contributed by atoms with Gasteiger partial charge in [0.2, 0.25) is 0 Å². The van der Waals surface area contributed by atoms with Gasteiger partial charge in [-0.05, 0) is 26.1 Å². The molecule has 6 nitrogen and oxygen atoms in total. The number of rotatable bonds is 6. The van der Waals surface area contributed by atoms with Gasteiger partial charge < -0.3 is 5.11 Å². The van der Waals surface area contributed by atoms with Crippen molar-refractivity contribution in [2.45, 2.75) is 13.0 Å². The van der Waals surface area contributed by atoms with Crippen LogP contribution in [0.25, 0.3) is 0 Å². The molecule has 3 N–H and O–H groups in total. The summed E-state index contributed by atoms with van der Waals surface area (Å²) in [5.74, 6) is 0.400. The van der Waals surface area contributed by atoms with Gasteiger partial charge in [-0.25, -0.2) is 4.98 Å². The highest BCUT2D eigenvalue weighted by molar-refractivity contribution is 5.79. The lowest BCUT2D eigenvalue weighted by molar-refractivity contribution is -0.122. The molecule has 1 rings (SSSR count). The van der Waals surface area contributed by atoms with Crippen molar-refractivity contribution in [1.82, 2.24) is 15.3 Å². The molecule has 0 aliphatic heterocycles. The molecule has 0 fully saturated rings. The van der Waals surface area contributed by atoms with Crippen LogP contribution in [0, 0.1) is 0 Å². The molecule has 1 amide bonds. The number of nitrogens with zero attached hydrogens (tertiary/aromatic N) is 2. The van der Waals surface area contributed by atoms with Gasteiger partial charge in [-0.1, -0.05) is 6.07 Å². The lowest BCUT2D eigenvalue weighted by atomic mass is 10.3. The van der Waals surface area contributed by atoms with Gasteiger partial charge in [-0.15, -0.1) is 0 Å². The maximum atomic E-state index is 11.5. The minimum Gasteiger partial charge on any atom is -0.395 e. The predicted octanol–water partition coefficient (Wildman–Crippen LogP) is -0.163. The quantitative estimate of drug-likeness (QED) is 0.600. The highest BCUT2D eigenvalue weighted by atomic mass is 16.3. The maximum absolute atomic E-state index is 11.5. The number of aromatic nitrogens is 1. The van der Waals surface area contributed by atoms with E-state index >= 15 is 0 Å². The van der Waals surface area contributed by atoms with Crippen LogP contribution < -0.4 is 10.9 Å². The summed E-state index contributed by atoms with van der Waals surface area (Å²) in [6.45, 7) is 2.08. The monoisotopic (exact) mass is 238 g/mol. The average Bonchev–Trinajstić information content (AvgIpc) is 2.36. The summed E-state index contributed by atoms with van der Waals surface area (Å²) < 4.78 is 0. The molecule has 1 unspecified atom stereocenters. The summed E-state index contributed by atoms with van der Waals surface area (Å²) in [7, 11) is 1.78. The van der Waals surface area contributed by atoms with E-state index in [-0.39, 0.29) is 25.1 Å². The number of pyridine rings is 1. The minimum atomic E-state index is -0.182. The van der Waals surface area contributed by atoms with Crippen molar-refractivity contribution in [2.75, 3.05) is 25.6 Å². The summed E-state index contributed by atoms with van der Waals surface area (Å²) in [6.07, 6.45) is 1.63. The zero-order valence-electron chi connectivity index (χ0n) is 10.1. The van der Waals surface area contributed by atoms with Crippen LogP contribution in [0.15, 0.2) is 24.4 Å². The van der Waals surface area contributed by atoms with Gasteiger partial charge in [-0.3, -0.25) is 20.5 Å². The van der Waals surface area contributed by atoms with Crippen molar-refractivity contribution >= 4 is 11.7 Å². The molecule has 17 heavy (non-hydrogen) atoms. The highest BCUT2D eigenvalue weighted by Gasteiger charge is 2.11. The molecular formula is C11H18N4O2. The Kier molecular flexibility index (Phi) is 5.38. The lowest BCUT2D eigenvalue weighted by Gasteiger charge is -2.22. The summed E-state index contributed by atoms with van der Waals surface area (Å²) in [6, 6.07) is 5.32. The highest BCUT2D eigenvalue weighted by Crippen LogP contribution is 1.97. The topological polar surface area (TPSA) is 77.5 Å². The zero-order chi connectivity index (χ0) is 12.7. The van der Waals surface area contributed by atoms with Crippen LogP contribution in [0.4, 0.5) is 5.82 Å². The van der Waals surface area contributed by atoms with E-state index in [1.807, 2.05) is 13.0 Å². The van der Waals surface area contributed by atoms with Crippen molar-refractivity contribution < 1.29 is 9.90 Å². The van der Waals surface area contributed by atoms with Gasteiger partial charge in [0.05, 0.1) is 13.2 Å². The second kappa shape index (κ2) is 6.82. The van der Waals surface area contributed by atoms with E-state index in [4.69, 9.17) is 5.11 Å². The zero-order valence-corrected chi connectivity index (χ0v) is 10.1. The van der Waals surface area contributed by atoms with Crippen LogP contribution in [0.3, 0.4) is 0 Å². The fraction of sp³-hybridized carbons (Fsp3) is 0.455. The number of carbonyl (C=O) groups excluding carboxylic acids is 1. The summed E-state index contributed by atoms with van der Waals surface area (Å²) >= 11 is 0. The minimum absolute atomic E-state index is 0.0252. The van der Waals surface area contributed by atoms with Crippen LogP contribution in [0.1, 0.15) is 6.92 Å². The van der Waals surface area contributed by atoms with E-state index < -0.39 is 0 Å².